The Labute approximate surface area is 229 Å². The Morgan fingerprint density at radius 2 is 1.66 bits per heavy atom. The van der Waals surface area contributed by atoms with Crippen molar-refractivity contribution in [1.82, 2.24) is 4.90 Å². The van der Waals surface area contributed by atoms with E-state index < -0.39 is 15.8 Å². The van der Waals surface area contributed by atoms with Crippen molar-refractivity contribution >= 4 is 38.9 Å². The van der Waals surface area contributed by atoms with Gasteiger partial charge in [0.15, 0.2) is 16.7 Å². The van der Waals surface area contributed by atoms with Crippen LogP contribution in [0.1, 0.15) is 64.4 Å². The average Bonchev–Trinajstić information content (AvgIpc) is 3.18. The molecule has 1 fully saturated rings. The molecule has 1 aliphatic rings. The average molecular weight is 563 g/mol. The summed E-state index contributed by atoms with van der Waals surface area (Å²) in [5.74, 6) is 0.294. The third-order valence-electron chi connectivity index (χ3n) is 6.00. The number of hydrogen-bond donors (Lipinski definition) is 0. The van der Waals surface area contributed by atoms with Crippen LogP contribution in [0.4, 0.5) is 4.39 Å². The van der Waals surface area contributed by atoms with Crippen LogP contribution < -0.4 is 9.47 Å². The van der Waals surface area contributed by atoms with Gasteiger partial charge in [-0.2, -0.15) is 8.42 Å². The first-order valence-corrected chi connectivity index (χ1v) is 15.2. The van der Waals surface area contributed by atoms with Gasteiger partial charge in [-0.3, -0.25) is 9.69 Å². The van der Waals surface area contributed by atoms with Crippen molar-refractivity contribution in [1.29, 1.82) is 0 Å². The number of thioether (sulfide) groups is 1. The van der Waals surface area contributed by atoms with E-state index in [1.807, 2.05) is 12.1 Å². The zero-order chi connectivity index (χ0) is 27.5. The lowest BCUT2D eigenvalue weighted by molar-refractivity contribution is -0.122. The molecular formula is C28H35FN2O5S2. The fraction of sp³-hybridized carbons (Fsp3) is 0.429. The van der Waals surface area contributed by atoms with Crippen molar-refractivity contribution in [3.8, 4) is 11.5 Å². The Morgan fingerprint density at radius 3 is 2.32 bits per heavy atom. The van der Waals surface area contributed by atoms with Crippen molar-refractivity contribution < 1.29 is 27.1 Å². The van der Waals surface area contributed by atoms with Gasteiger partial charge in [0.25, 0.3) is 15.9 Å². The number of nitrogens with zero attached hydrogens (tertiary/aromatic N) is 2. The highest BCUT2D eigenvalue weighted by atomic mass is 32.2. The highest BCUT2D eigenvalue weighted by Crippen LogP contribution is 2.35. The lowest BCUT2D eigenvalue weighted by Gasteiger charge is -2.12. The molecule has 206 valence electrons. The number of halogens is 1. The molecule has 0 radical (unpaired) electrons. The van der Waals surface area contributed by atoms with E-state index in [2.05, 4.69) is 11.3 Å². The molecule has 1 saturated heterocycles. The summed E-state index contributed by atoms with van der Waals surface area (Å²) in [4.78, 5) is 14.5. The zero-order valence-electron chi connectivity index (χ0n) is 22.1. The van der Waals surface area contributed by atoms with Crippen LogP contribution in [0.25, 0.3) is 6.08 Å². The molecule has 0 unspecified atom stereocenters. The first-order valence-electron chi connectivity index (χ1n) is 12.9. The van der Waals surface area contributed by atoms with Crippen LogP contribution in [0.15, 0.2) is 56.7 Å². The van der Waals surface area contributed by atoms with Gasteiger partial charge in [-0.15, -0.1) is 4.40 Å². The highest BCUT2D eigenvalue weighted by Gasteiger charge is 2.34. The molecule has 0 aromatic heterocycles. The van der Waals surface area contributed by atoms with Crippen LogP contribution in [0.5, 0.6) is 11.5 Å². The minimum atomic E-state index is -4.12. The van der Waals surface area contributed by atoms with E-state index in [9.17, 15) is 17.6 Å². The minimum absolute atomic E-state index is 0.0506. The van der Waals surface area contributed by atoms with Crippen molar-refractivity contribution in [3.05, 3.63) is 58.8 Å². The van der Waals surface area contributed by atoms with E-state index in [0.29, 0.717) is 28.6 Å². The molecule has 1 amide bonds. The summed E-state index contributed by atoms with van der Waals surface area (Å²) in [6, 6.07) is 9.81. The van der Waals surface area contributed by atoms with E-state index >= 15 is 0 Å². The summed E-state index contributed by atoms with van der Waals surface area (Å²) < 4.78 is 54.0. The summed E-state index contributed by atoms with van der Waals surface area (Å²) in [5, 5.41) is 0.0506. The Morgan fingerprint density at radius 1 is 0.974 bits per heavy atom. The molecule has 2 aromatic carbocycles. The van der Waals surface area contributed by atoms with Crippen LogP contribution in [-0.4, -0.2) is 44.7 Å². The summed E-state index contributed by atoms with van der Waals surface area (Å²) in [6.07, 6.45) is 10.1. The number of likely N-dealkylation sites (N-methyl/N-ethyl adjacent to an activating group) is 1. The topological polar surface area (TPSA) is 85.3 Å². The molecule has 0 bridgehead atoms. The standard InChI is InChI=1S/C28H35FN2O5S2/c1-4-6-7-8-9-10-11-18-36-24-17-12-21(19-25(24)35-3)20-26-27(32)31(5-2)28(37-26)30-38(33,34)23-15-13-22(29)14-16-23/h12-17,19-20H,4-11,18H2,1-3H3. The number of amidine groups is 1. The third kappa shape index (κ3) is 8.07. The fourth-order valence-corrected chi connectivity index (χ4v) is 6.15. The number of amides is 1. The number of methoxy groups -OCH3 is 1. The highest BCUT2D eigenvalue weighted by molar-refractivity contribution is 8.19. The fourth-order valence-electron chi connectivity index (χ4n) is 3.90. The Hall–Kier alpha value is -2.85. The molecule has 0 aliphatic carbocycles. The van der Waals surface area contributed by atoms with Crippen LogP contribution in [0.3, 0.4) is 0 Å². The van der Waals surface area contributed by atoms with Gasteiger partial charge in [0.05, 0.1) is 23.5 Å². The van der Waals surface area contributed by atoms with E-state index in [0.717, 1.165) is 48.9 Å². The van der Waals surface area contributed by atoms with Crippen LogP contribution in [0.2, 0.25) is 0 Å². The maximum atomic E-state index is 13.2. The predicted molar refractivity (Wildman–Crippen MR) is 150 cm³/mol. The smallest absolute Gasteiger partial charge is 0.284 e. The van der Waals surface area contributed by atoms with E-state index in [-0.39, 0.29) is 22.5 Å². The third-order valence-corrected chi connectivity index (χ3v) is 8.41. The second kappa shape index (κ2) is 14.3. The Balaban J connectivity index is 1.69. The van der Waals surface area contributed by atoms with Gasteiger partial charge in [0, 0.05) is 6.54 Å². The van der Waals surface area contributed by atoms with Gasteiger partial charge in [0.1, 0.15) is 5.82 Å². The molecule has 2 aromatic rings. The van der Waals surface area contributed by atoms with E-state index in [1.54, 1.807) is 26.2 Å². The normalized spacial score (nSPS) is 16.0. The van der Waals surface area contributed by atoms with Gasteiger partial charge in [-0.25, -0.2) is 4.39 Å². The molecule has 0 spiro atoms. The number of carbonyl (C=O) groups is 1. The molecule has 1 aliphatic heterocycles. The van der Waals surface area contributed by atoms with E-state index in [1.165, 1.54) is 37.0 Å². The number of rotatable bonds is 14. The molecule has 38 heavy (non-hydrogen) atoms. The predicted octanol–water partition coefficient (Wildman–Crippen LogP) is 6.64. The number of carbonyl (C=O) groups excluding carboxylic acids is 1. The lowest BCUT2D eigenvalue weighted by atomic mass is 10.1. The van der Waals surface area contributed by atoms with Crippen molar-refractivity contribution in [2.45, 2.75) is 63.7 Å². The molecule has 0 atom stereocenters. The van der Waals surface area contributed by atoms with Gasteiger partial charge in [-0.05, 0) is 73.1 Å². The number of ether oxygens (including phenoxy) is 2. The largest absolute Gasteiger partial charge is 0.493 e. The van der Waals surface area contributed by atoms with Crippen LogP contribution >= 0.6 is 11.8 Å². The van der Waals surface area contributed by atoms with Gasteiger partial charge < -0.3 is 9.47 Å². The summed E-state index contributed by atoms with van der Waals surface area (Å²) in [6.45, 7) is 4.80. The molecular weight excluding hydrogens is 527 g/mol. The summed E-state index contributed by atoms with van der Waals surface area (Å²) in [5.41, 5.74) is 0.708. The number of hydrogen-bond acceptors (Lipinski definition) is 6. The number of sulfonamides is 1. The van der Waals surface area contributed by atoms with Crippen molar-refractivity contribution in [2.24, 2.45) is 4.40 Å². The summed E-state index contributed by atoms with van der Waals surface area (Å²) >= 11 is 0.977. The van der Waals surface area contributed by atoms with Gasteiger partial charge in [-0.1, -0.05) is 51.5 Å². The zero-order valence-corrected chi connectivity index (χ0v) is 23.7. The molecule has 1 heterocycles. The maximum Gasteiger partial charge on any atom is 0.284 e. The number of benzene rings is 2. The second-order valence-corrected chi connectivity index (χ2v) is 11.5. The summed E-state index contributed by atoms with van der Waals surface area (Å²) in [7, 11) is -2.55. The minimum Gasteiger partial charge on any atom is -0.493 e. The van der Waals surface area contributed by atoms with Gasteiger partial charge in [0.2, 0.25) is 0 Å². The van der Waals surface area contributed by atoms with E-state index in [4.69, 9.17) is 9.47 Å². The van der Waals surface area contributed by atoms with Gasteiger partial charge >= 0.3 is 0 Å². The van der Waals surface area contributed by atoms with Crippen molar-refractivity contribution in [2.75, 3.05) is 20.3 Å². The van der Waals surface area contributed by atoms with Crippen LogP contribution in [-0.2, 0) is 14.8 Å². The molecule has 10 heteroatoms. The molecule has 3 rings (SSSR count). The Bertz CT molecular complexity index is 1260. The monoisotopic (exact) mass is 562 g/mol. The first-order chi connectivity index (χ1) is 18.3. The molecule has 7 nitrogen and oxygen atoms in total. The lowest BCUT2D eigenvalue weighted by Crippen LogP contribution is -2.29. The second-order valence-electron chi connectivity index (χ2n) is 8.84. The first kappa shape index (κ1) is 29.7. The SMILES string of the molecule is CCCCCCCCCOc1ccc(C=C2SC(=NS(=O)(=O)c3ccc(F)cc3)N(CC)C2=O)cc1OC. The van der Waals surface area contributed by atoms with Crippen LogP contribution in [0, 0.1) is 5.82 Å². The quantitative estimate of drug-likeness (QED) is 0.189. The number of unbranched alkanes of at least 4 members (excludes halogenated alkanes) is 6. The van der Waals surface area contributed by atoms with Crippen molar-refractivity contribution in [3.63, 3.8) is 0 Å². The molecule has 0 saturated carbocycles. The Kier molecular flexibility index (Phi) is 11.2. The maximum absolute atomic E-state index is 13.2. The molecule has 0 N–H and O–H groups in total.